The maximum Gasteiger partial charge on any atom is 0.316 e. The Bertz CT molecular complexity index is 1280. The number of aromatic nitrogens is 2. The lowest BCUT2D eigenvalue weighted by Crippen LogP contribution is -2.37. The van der Waals surface area contributed by atoms with Gasteiger partial charge in [0.15, 0.2) is 0 Å². The zero-order chi connectivity index (χ0) is 23.5. The molecular formula is C24H26N4O5. The molecule has 1 aliphatic heterocycles. The number of anilines is 2. The van der Waals surface area contributed by atoms with Gasteiger partial charge in [0.05, 0.1) is 30.8 Å². The Kier molecular flexibility index (Phi) is 6.30. The predicted molar refractivity (Wildman–Crippen MR) is 125 cm³/mol. The number of fused-ring (bicyclic) bond motifs is 2. The molecule has 0 saturated carbocycles. The van der Waals surface area contributed by atoms with Crippen LogP contribution in [0.25, 0.3) is 10.9 Å². The molecule has 0 fully saturated rings. The van der Waals surface area contributed by atoms with Crippen molar-refractivity contribution in [3.05, 3.63) is 52.6 Å². The van der Waals surface area contributed by atoms with Gasteiger partial charge in [0.25, 0.3) is 5.56 Å². The molecule has 1 aromatic heterocycles. The van der Waals surface area contributed by atoms with Gasteiger partial charge in [-0.05, 0) is 43.2 Å². The molecule has 2 aromatic carbocycles. The standard InChI is InChI=1S/C24H26N4O5/c1-27(19-11-9-16(32-2)14-20(19)33-3)24(31)22(29)25-15-8-10-18-17(13-15)23(30)28-12-6-4-5-7-21(28)26-18/h8-11,13-14H,4-7,12H2,1-3H3,(H,25,29). The Balaban J connectivity index is 1.58. The molecule has 33 heavy (non-hydrogen) atoms. The third-order valence-corrected chi connectivity index (χ3v) is 5.82. The smallest absolute Gasteiger partial charge is 0.316 e. The molecular weight excluding hydrogens is 424 g/mol. The van der Waals surface area contributed by atoms with Gasteiger partial charge in [-0.2, -0.15) is 0 Å². The number of amides is 2. The zero-order valence-electron chi connectivity index (χ0n) is 18.9. The molecule has 2 amide bonds. The molecule has 0 unspecified atom stereocenters. The number of carbonyl (C=O) groups is 2. The number of ether oxygens (including phenoxy) is 2. The molecule has 0 bridgehead atoms. The van der Waals surface area contributed by atoms with Gasteiger partial charge in [0, 0.05) is 31.8 Å². The van der Waals surface area contributed by atoms with Crippen LogP contribution in [-0.2, 0) is 22.6 Å². The first kappa shape index (κ1) is 22.3. The Morgan fingerprint density at radius 3 is 2.64 bits per heavy atom. The van der Waals surface area contributed by atoms with E-state index in [2.05, 4.69) is 10.3 Å². The summed E-state index contributed by atoms with van der Waals surface area (Å²) in [4.78, 5) is 44.3. The fraction of sp³-hybridized carbons (Fsp3) is 0.333. The van der Waals surface area contributed by atoms with Crippen molar-refractivity contribution in [2.24, 2.45) is 0 Å². The van der Waals surface area contributed by atoms with E-state index in [4.69, 9.17) is 9.47 Å². The van der Waals surface area contributed by atoms with Crippen LogP contribution in [0.3, 0.4) is 0 Å². The molecule has 0 saturated heterocycles. The number of likely N-dealkylation sites (N-methyl/N-ethyl adjacent to an activating group) is 1. The second-order valence-electron chi connectivity index (χ2n) is 7.88. The number of nitrogens with zero attached hydrogens (tertiary/aromatic N) is 3. The largest absolute Gasteiger partial charge is 0.497 e. The number of nitrogens with one attached hydrogen (secondary N) is 1. The third-order valence-electron chi connectivity index (χ3n) is 5.82. The second-order valence-corrected chi connectivity index (χ2v) is 7.88. The molecule has 0 spiro atoms. The van der Waals surface area contributed by atoms with Crippen LogP contribution >= 0.6 is 0 Å². The quantitative estimate of drug-likeness (QED) is 0.613. The molecule has 1 aliphatic rings. The Labute approximate surface area is 190 Å². The van der Waals surface area contributed by atoms with Crippen molar-refractivity contribution in [3.8, 4) is 11.5 Å². The minimum atomic E-state index is -0.836. The molecule has 0 atom stereocenters. The SMILES string of the molecule is COc1ccc(N(C)C(=O)C(=O)Nc2ccc3nc4n(c(=O)c3c2)CCCCC4)c(OC)c1. The molecule has 9 heteroatoms. The summed E-state index contributed by atoms with van der Waals surface area (Å²) in [5.74, 6) is 0.137. The van der Waals surface area contributed by atoms with Gasteiger partial charge in [-0.3, -0.25) is 19.0 Å². The van der Waals surface area contributed by atoms with Crippen molar-refractivity contribution in [2.45, 2.75) is 32.2 Å². The summed E-state index contributed by atoms with van der Waals surface area (Å²) in [5.41, 5.74) is 1.23. The fourth-order valence-electron chi connectivity index (χ4n) is 4.00. The van der Waals surface area contributed by atoms with Gasteiger partial charge in [-0.1, -0.05) is 6.42 Å². The minimum Gasteiger partial charge on any atom is -0.497 e. The van der Waals surface area contributed by atoms with Crippen LogP contribution in [0.5, 0.6) is 11.5 Å². The maximum absolute atomic E-state index is 13.0. The Morgan fingerprint density at radius 2 is 1.88 bits per heavy atom. The van der Waals surface area contributed by atoms with E-state index in [9.17, 15) is 14.4 Å². The van der Waals surface area contributed by atoms with Gasteiger partial charge < -0.3 is 19.7 Å². The first-order valence-corrected chi connectivity index (χ1v) is 10.8. The maximum atomic E-state index is 13.0. The van der Waals surface area contributed by atoms with Gasteiger partial charge in [0.2, 0.25) is 0 Å². The highest BCUT2D eigenvalue weighted by atomic mass is 16.5. The summed E-state index contributed by atoms with van der Waals surface area (Å²) >= 11 is 0. The lowest BCUT2D eigenvalue weighted by Gasteiger charge is -2.20. The van der Waals surface area contributed by atoms with Crippen LogP contribution in [0, 0.1) is 0 Å². The molecule has 2 heterocycles. The van der Waals surface area contributed by atoms with Crippen molar-refractivity contribution in [2.75, 3.05) is 31.5 Å². The lowest BCUT2D eigenvalue weighted by molar-refractivity contribution is -0.134. The second kappa shape index (κ2) is 9.32. The summed E-state index contributed by atoms with van der Waals surface area (Å²) in [6.45, 7) is 0.640. The van der Waals surface area contributed by atoms with Crippen LogP contribution in [0.1, 0.15) is 25.1 Å². The van der Waals surface area contributed by atoms with E-state index in [0.717, 1.165) is 31.5 Å². The first-order chi connectivity index (χ1) is 15.9. The fourth-order valence-corrected chi connectivity index (χ4v) is 4.00. The summed E-state index contributed by atoms with van der Waals surface area (Å²) in [7, 11) is 4.48. The van der Waals surface area contributed by atoms with Crippen LogP contribution < -0.4 is 25.2 Å². The van der Waals surface area contributed by atoms with E-state index in [1.54, 1.807) is 41.0 Å². The van der Waals surface area contributed by atoms with E-state index >= 15 is 0 Å². The van der Waals surface area contributed by atoms with Crippen LogP contribution in [0.15, 0.2) is 41.2 Å². The number of methoxy groups -OCH3 is 2. The number of hydrogen-bond acceptors (Lipinski definition) is 6. The average Bonchev–Trinajstić information content (AvgIpc) is 3.08. The number of carbonyl (C=O) groups excluding carboxylic acids is 2. The average molecular weight is 450 g/mol. The van der Waals surface area contributed by atoms with Crippen LogP contribution in [-0.4, -0.2) is 42.6 Å². The highest BCUT2D eigenvalue weighted by Gasteiger charge is 2.23. The van der Waals surface area contributed by atoms with Gasteiger partial charge in [0.1, 0.15) is 17.3 Å². The molecule has 1 N–H and O–H groups in total. The summed E-state index contributed by atoms with van der Waals surface area (Å²) in [6.07, 6.45) is 3.79. The first-order valence-electron chi connectivity index (χ1n) is 10.8. The molecule has 4 rings (SSSR count). The predicted octanol–water partition coefficient (Wildman–Crippen LogP) is 2.74. The highest BCUT2D eigenvalue weighted by molar-refractivity contribution is 6.44. The monoisotopic (exact) mass is 450 g/mol. The van der Waals surface area contributed by atoms with Gasteiger partial charge in [-0.25, -0.2) is 4.98 Å². The summed E-state index contributed by atoms with van der Waals surface area (Å²) in [5, 5.41) is 3.01. The molecule has 0 radical (unpaired) electrons. The van der Waals surface area contributed by atoms with Crippen molar-refractivity contribution in [1.29, 1.82) is 0 Å². The van der Waals surface area contributed by atoms with E-state index in [1.165, 1.54) is 26.2 Å². The lowest BCUT2D eigenvalue weighted by atomic mass is 10.2. The van der Waals surface area contributed by atoms with Crippen molar-refractivity contribution >= 4 is 34.1 Å². The summed E-state index contributed by atoms with van der Waals surface area (Å²) in [6, 6.07) is 9.84. The van der Waals surface area contributed by atoms with Crippen molar-refractivity contribution in [3.63, 3.8) is 0 Å². The van der Waals surface area contributed by atoms with Gasteiger partial charge in [-0.15, -0.1) is 0 Å². The topological polar surface area (TPSA) is 103 Å². The minimum absolute atomic E-state index is 0.126. The third kappa shape index (κ3) is 4.39. The normalized spacial score (nSPS) is 13.1. The number of benzene rings is 2. The molecule has 172 valence electrons. The number of aryl methyl sites for hydroxylation is 1. The van der Waals surface area contributed by atoms with E-state index < -0.39 is 11.8 Å². The van der Waals surface area contributed by atoms with E-state index in [0.29, 0.717) is 40.3 Å². The molecule has 0 aliphatic carbocycles. The Hall–Kier alpha value is -3.88. The van der Waals surface area contributed by atoms with Crippen molar-refractivity contribution < 1.29 is 19.1 Å². The van der Waals surface area contributed by atoms with Crippen LogP contribution in [0.2, 0.25) is 0 Å². The zero-order valence-corrected chi connectivity index (χ0v) is 18.9. The molecule has 9 nitrogen and oxygen atoms in total. The highest BCUT2D eigenvalue weighted by Crippen LogP contribution is 2.31. The number of rotatable bonds is 4. The van der Waals surface area contributed by atoms with Crippen LogP contribution in [0.4, 0.5) is 11.4 Å². The van der Waals surface area contributed by atoms with E-state index in [-0.39, 0.29) is 5.56 Å². The molecule has 3 aromatic rings. The van der Waals surface area contributed by atoms with Crippen molar-refractivity contribution in [1.82, 2.24) is 9.55 Å². The number of hydrogen-bond donors (Lipinski definition) is 1. The Morgan fingerprint density at radius 1 is 1.06 bits per heavy atom. The summed E-state index contributed by atoms with van der Waals surface area (Å²) < 4.78 is 12.2. The van der Waals surface area contributed by atoms with Gasteiger partial charge >= 0.3 is 11.8 Å². The van der Waals surface area contributed by atoms with E-state index in [1.807, 2.05) is 0 Å².